The van der Waals surface area contributed by atoms with E-state index in [2.05, 4.69) is 81.5 Å². The molecule has 0 rings (SSSR count). The molecule has 0 aromatic carbocycles. The van der Waals surface area contributed by atoms with Gasteiger partial charge in [0.05, 0.1) is 6.61 Å². The second-order valence-electron chi connectivity index (χ2n) is 18.5. The molecule has 0 bridgehead atoms. The van der Waals surface area contributed by atoms with Crippen LogP contribution in [0, 0.1) is 0 Å². The van der Waals surface area contributed by atoms with Crippen molar-refractivity contribution in [3.8, 4) is 0 Å². The zero-order valence-corrected chi connectivity index (χ0v) is 42.8. The summed E-state index contributed by atoms with van der Waals surface area (Å²) in [7, 11) is 0. The van der Waals surface area contributed by atoms with Crippen molar-refractivity contribution in [1.29, 1.82) is 0 Å². The molecule has 5 nitrogen and oxygen atoms in total. The van der Waals surface area contributed by atoms with Gasteiger partial charge in [-0.2, -0.15) is 0 Å². The van der Waals surface area contributed by atoms with Gasteiger partial charge in [-0.05, 0) is 83.5 Å². The largest absolute Gasteiger partial charge is 0.462 e. The first kappa shape index (κ1) is 61.6. The van der Waals surface area contributed by atoms with E-state index < -0.39 is 6.10 Å². The minimum Gasteiger partial charge on any atom is -0.462 e. The first-order valence-electron chi connectivity index (χ1n) is 27.8. The molecule has 5 heteroatoms. The Morgan fingerprint density at radius 1 is 0.359 bits per heavy atom. The summed E-state index contributed by atoms with van der Waals surface area (Å²) < 4.78 is 17.4. The highest BCUT2D eigenvalue weighted by molar-refractivity contribution is 5.70. The van der Waals surface area contributed by atoms with E-state index in [4.69, 9.17) is 14.2 Å². The highest BCUT2D eigenvalue weighted by atomic mass is 16.6. The standard InChI is InChI=1S/C59H106O5/c1-4-7-10-13-16-19-22-25-28-29-30-31-33-34-37-40-43-46-49-52-58(60)63-56-57(55-62-54-51-48-45-42-39-36-27-24-21-18-15-12-9-6-3)64-59(61)53-50-47-44-41-38-35-32-26-23-20-17-14-11-8-5-2/h7,10,16,19,25-26,28,30-32,57H,4-6,8-9,11-15,17-18,20-24,27,29,33-56H2,1-3H3/b10-7-,19-16-,28-25-,31-30-,32-26-. The van der Waals surface area contributed by atoms with Gasteiger partial charge in [0.1, 0.15) is 6.61 Å². The molecule has 0 heterocycles. The molecule has 0 aliphatic carbocycles. The lowest BCUT2D eigenvalue weighted by molar-refractivity contribution is -0.163. The van der Waals surface area contributed by atoms with Gasteiger partial charge in [-0.1, -0.05) is 242 Å². The molecule has 0 N–H and O–H groups in total. The third kappa shape index (κ3) is 52.2. The number of hydrogen-bond acceptors (Lipinski definition) is 5. The summed E-state index contributed by atoms with van der Waals surface area (Å²) in [5.41, 5.74) is 0. The van der Waals surface area contributed by atoms with Crippen LogP contribution in [0.2, 0.25) is 0 Å². The molecular formula is C59H106O5. The number of rotatable bonds is 51. The van der Waals surface area contributed by atoms with Crippen molar-refractivity contribution >= 4 is 11.9 Å². The number of ether oxygens (including phenoxy) is 3. The van der Waals surface area contributed by atoms with Crippen LogP contribution in [0.15, 0.2) is 60.8 Å². The summed E-state index contributed by atoms with van der Waals surface area (Å²) in [6, 6.07) is 0. The van der Waals surface area contributed by atoms with E-state index in [1.165, 1.54) is 154 Å². The zero-order valence-electron chi connectivity index (χ0n) is 42.8. The average Bonchev–Trinajstić information content (AvgIpc) is 3.30. The van der Waals surface area contributed by atoms with Crippen molar-refractivity contribution in [2.24, 2.45) is 0 Å². The van der Waals surface area contributed by atoms with Crippen LogP contribution in [0.3, 0.4) is 0 Å². The van der Waals surface area contributed by atoms with Crippen molar-refractivity contribution in [3.63, 3.8) is 0 Å². The second kappa shape index (κ2) is 54.9. The molecule has 0 spiro atoms. The van der Waals surface area contributed by atoms with Crippen molar-refractivity contribution in [2.75, 3.05) is 19.8 Å². The number of esters is 2. The van der Waals surface area contributed by atoms with E-state index in [0.29, 0.717) is 19.4 Å². The molecule has 1 unspecified atom stereocenters. The lowest BCUT2D eigenvalue weighted by atomic mass is 10.0. The highest BCUT2D eigenvalue weighted by Crippen LogP contribution is 2.15. The van der Waals surface area contributed by atoms with Crippen molar-refractivity contribution in [2.45, 2.75) is 284 Å². The molecule has 0 aromatic heterocycles. The van der Waals surface area contributed by atoms with Gasteiger partial charge in [0, 0.05) is 19.4 Å². The lowest BCUT2D eigenvalue weighted by Crippen LogP contribution is -2.30. The minimum atomic E-state index is -0.545. The summed E-state index contributed by atoms with van der Waals surface area (Å²) in [5.74, 6) is -0.412. The lowest BCUT2D eigenvalue weighted by Gasteiger charge is -2.18. The molecule has 0 aliphatic heterocycles. The summed E-state index contributed by atoms with van der Waals surface area (Å²) >= 11 is 0. The maximum absolute atomic E-state index is 12.8. The van der Waals surface area contributed by atoms with E-state index in [1.807, 2.05) is 0 Å². The van der Waals surface area contributed by atoms with Gasteiger partial charge < -0.3 is 14.2 Å². The number of allylic oxidation sites excluding steroid dienone is 10. The Balaban J connectivity index is 4.28. The third-order valence-corrected chi connectivity index (χ3v) is 12.0. The zero-order chi connectivity index (χ0) is 46.3. The van der Waals surface area contributed by atoms with Gasteiger partial charge in [0.15, 0.2) is 6.10 Å². The van der Waals surface area contributed by atoms with Gasteiger partial charge >= 0.3 is 11.9 Å². The molecular weight excluding hydrogens is 789 g/mol. The Morgan fingerprint density at radius 2 is 0.703 bits per heavy atom. The first-order chi connectivity index (χ1) is 31.6. The molecule has 1 atom stereocenters. The quantitative estimate of drug-likeness (QED) is 0.0346. The molecule has 0 aromatic rings. The highest BCUT2D eigenvalue weighted by Gasteiger charge is 2.17. The summed E-state index contributed by atoms with van der Waals surface area (Å²) in [6.07, 6.45) is 69.4. The van der Waals surface area contributed by atoms with Crippen molar-refractivity contribution < 1.29 is 23.8 Å². The van der Waals surface area contributed by atoms with Gasteiger partial charge in [0.2, 0.25) is 0 Å². The summed E-state index contributed by atoms with van der Waals surface area (Å²) in [5, 5.41) is 0. The van der Waals surface area contributed by atoms with E-state index in [1.54, 1.807) is 0 Å². The first-order valence-corrected chi connectivity index (χ1v) is 27.8. The number of hydrogen-bond donors (Lipinski definition) is 0. The Kier molecular flexibility index (Phi) is 52.9. The van der Waals surface area contributed by atoms with Crippen LogP contribution in [-0.4, -0.2) is 37.9 Å². The van der Waals surface area contributed by atoms with Crippen molar-refractivity contribution in [3.05, 3.63) is 60.8 Å². The van der Waals surface area contributed by atoms with Crippen LogP contribution in [0.1, 0.15) is 278 Å². The second-order valence-corrected chi connectivity index (χ2v) is 18.5. The van der Waals surface area contributed by atoms with Gasteiger partial charge in [-0.25, -0.2) is 0 Å². The maximum Gasteiger partial charge on any atom is 0.306 e. The van der Waals surface area contributed by atoms with Crippen LogP contribution in [0.4, 0.5) is 0 Å². The molecule has 0 saturated heterocycles. The molecule has 0 fully saturated rings. The Hall–Kier alpha value is -2.40. The Labute approximate surface area is 398 Å². The average molecular weight is 895 g/mol. The fourth-order valence-electron chi connectivity index (χ4n) is 7.91. The summed E-state index contributed by atoms with van der Waals surface area (Å²) in [4.78, 5) is 25.5. The number of carbonyl (C=O) groups excluding carboxylic acids is 2. The molecule has 64 heavy (non-hydrogen) atoms. The molecule has 0 aliphatic rings. The fourth-order valence-corrected chi connectivity index (χ4v) is 7.91. The van der Waals surface area contributed by atoms with Gasteiger partial charge in [-0.3, -0.25) is 9.59 Å². The normalized spacial score (nSPS) is 12.6. The Bertz CT molecular complexity index is 1100. The topological polar surface area (TPSA) is 61.8 Å². The maximum atomic E-state index is 12.8. The predicted octanol–water partition coefficient (Wildman–Crippen LogP) is 18.9. The van der Waals surface area contributed by atoms with Crippen LogP contribution < -0.4 is 0 Å². The smallest absolute Gasteiger partial charge is 0.306 e. The molecule has 0 amide bonds. The molecule has 0 saturated carbocycles. The number of unbranched alkanes of at least 4 members (excludes halogenated alkanes) is 30. The van der Waals surface area contributed by atoms with Crippen LogP contribution in [0.25, 0.3) is 0 Å². The summed E-state index contributed by atoms with van der Waals surface area (Å²) in [6.45, 7) is 7.73. The molecule has 0 radical (unpaired) electrons. The van der Waals surface area contributed by atoms with Crippen LogP contribution in [0.5, 0.6) is 0 Å². The fraction of sp³-hybridized carbons (Fsp3) is 0.797. The SMILES string of the molecule is CC/C=C\C/C=C\C/C=C\C/C=C\CCCCCCCCC(=O)OCC(COCCCCCCCCCCCCCCCC)OC(=O)CCCCCCC/C=C\CCCCCCCC. The van der Waals surface area contributed by atoms with E-state index in [-0.39, 0.29) is 25.2 Å². The van der Waals surface area contributed by atoms with E-state index in [9.17, 15) is 9.59 Å². The van der Waals surface area contributed by atoms with Crippen LogP contribution in [-0.2, 0) is 23.8 Å². The van der Waals surface area contributed by atoms with E-state index in [0.717, 1.165) is 89.9 Å². The minimum absolute atomic E-state index is 0.0764. The number of carbonyl (C=O) groups is 2. The van der Waals surface area contributed by atoms with E-state index >= 15 is 0 Å². The van der Waals surface area contributed by atoms with Gasteiger partial charge in [0.25, 0.3) is 0 Å². The van der Waals surface area contributed by atoms with Crippen LogP contribution >= 0.6 is 0 Å². The monoisotopic (exact) mass is 895 g/mol. The van der Waals surface area contributed by atoms with Gasteiger partial charge in [-0.15, -0.1) is 0 Å². The molecule has 372 valence electrons. The Morgan fingerprint density at radius 3 is 1.14 bits per heavy atom. The van der Waals surface area contributed by atoms with Crippen molar-refractivity contribution in [1.82, 2.24) is 0 Å². The third-order valence-electron chi connectivity index (χ3n) is 12.0. The predicted molar refractivity (Wildman–Crippen MR) is 279 cm³/mol.